The van der Waals surface area contributed by atoms with Crippen molar-refractivity contribution in [3.63, 3.8) is 0 Å². The van der Waals surface area contributed by atoms with Crippen LogP contribution in [-0.4, -0.2) is 28.9 Å². The van der Waals surface area contributed by atoms with E-state index in [4.69, 9.17) is 10.7 Å². The number of likely N-dealkylation sites (tertiary alicyclic amines) is 1. The van der Waals surface area contributed by atoms with E-state index < -0.39 is 0 Å². The average Bonchev–Trinajstić information content (AvgIpc) is 3.07. The molecule has 0 radical (unpaired) electrons. The summed E-state index contributed by atoms with van der Waals surface area (Å²) in [6, 6.07) is 12.0. The van der Waals surface area contributed by atoms with Crippen LogP contribution in [0, 0.1) is 6.92 Å². The van der Waals surface area contributed by atoms with E-state index in [-0.39, 0.29) is 5.91 Å². The van der Waals surface area contributed by atoms with Gasteiger partial charge in [0.1, 0.15) is 0 Å². The predicted octanol–water partition coefficient (Wildman–Crippen LogP) is 4.21. The van der Waals surface area contributed by atoms with Gasteiger partial charge in [-0.05, 0) is 38.0 Å². The molecule has 25 heavy (non-hydrogen) atoms. The maximum atomic E-state index is 12.6. The van der Waals surface area contributed by atoms with Crippen molar-refractivity contribution in [3.05, 3.63) is 57.9 Å². The molecule has 1 saturated heterocycles. The number of benzene rings is 1. The van der Waals surface area contributed by atoms with Crippen molar-refractivity contribution in [1.82, 2.24) is 9.88 Å². The summed E-state index contributed by atoms with van der Waals surface area (Å²) >= 11 is 1.62. The smallest absolute Gasteiger partial charge is 0.254 e. The summed E-state index contributed by atoms with van der Waals surface area (Å²) < 4.78 is 0. The molecule has 3 aromatic rings. The molecule has 5 heteroatoms. The number of carbonyl (C=O) groups excluding carboxylic acids is 1. The summed E-state index contributed by atoms with van der Waals surface area (Å²) in [4.78, 5) is 20.5. The minimum absolute atomic E-state index is 0.141. The largest absolute Gasteiger partial charge is 0.397 e. The number of pyridine rings is 1. The Morgan fingerprint density at radius 1 is 1.24 bits per heavy atom. The number of hydrogen-bond acceptors (Lipinski definition) is 4. The van der Waals surface area contributed by atoms with Gasteiger partial charge in [0.2, 0.25) is 0 Å². The first-order chi connectivity index (χ1) is 12.1. The van der Waals surface area contributed by atoms with E-state index in [0.717, 1.165) is 53.8 Å². The zero-order valence-corrected chi connectivity index (χ0v) is 15.1. The number of fused-ring (bicyclic) bond motifs is 1. The molecule has 3 heterocycles. The highest BCUT2D eigenvalue weighted by atomic mass is 32.1. The minimum atomic E-state index is 0.141. The van der Waals surface area contributed by atoms with Crippen LogP contribution in [0.3, 0.4) is 0 Å². The number of nitrogens with two attached hydrogens (primary N) is 1. The number of anilines is 1. The molecule has 0 atom stereocenters. The van der Waals surface area contributed by atoms with E-state index in [1.165, 1.54) is 4.88 Å². The van der Waals surface area contributed by atoms with E-state index in [9.17, 15) is 4.79 Å². The molecule has 1 aromatic carbocycles. The number of para-hydroxylation sites is 1. The number of aryl methyl sites for hydroxylation is 1. The van der Waals surface area contributed by atoms with Gasteiger partial charge in [-0.3, -0.25) is 9.78 Å². The van der Waals surface area contributed by atoms with Crippen LogP contribution in [-0.2, 0) is 0 Å². The highest BCUT2D eigenvalue weighted by Crippen LogP contribution is 2.32. The Hall–Kier alpha value is -2.40. The first-order valence-corrected chi connectivity index (χ1v) is 9.49. The lowest BCUT2D eigenvalue weighted by Gasteiger charge is -2.32. The van der Waals surface area contributed by atoms with Gasteiger partial charge in [0, 0.05) is 34.7 Å². The van der Waals surface area contributed by atoms with Crippen LogP contribution < -0.4 is 5.73 Å². The normalized spacial score (nSPS) is 15.6. The summed E-state index contributed by atoms with van der Waals surface area (Å²) in [6.07, 6.45) is 1.81. The number of carbonyl (C=O) groups is 1. The molecule has 4 rings (SSSR count). The molecule has 2 N–H and O–H groups in total. The number of piperidine rings is 1. The Balaban J connectivity index is 1.50. The van der Waals surface area contributed by atoms with E-state index in [1.807, 2.05) is 53.6 Å². The van der Waals surface area contributed by atoms with E-state index >= 15 is 0 Å². The van der Waals surface area contributed by atoms with Gasteiger partial charge in [-0.2, -0.15) is 0 Å². The van der Waals surface area contributed by atoms with Gasteiger partial charge < -0.3 is 10.6 Å². The lowest BCUT2D eigenvalue weighted by atomic mass is 9.91. The SMILES string of the molecule is Cc1cc(C(=O)N2CCC(c3nc4ccccc4cc3N)CC2)cs1. The minimum Gasteiger partial charge on any atom is -0.397 e. The average molecular weight is 351 g/mol. The number of aromatic nitrogens is 1. The van der Waals surface area contributed by atoms with Crippen LogP contribution in [0.15, 0.2) is 41.8 Å². The Bertz CT molecular complexity index is 926. The lowest BCUT2D eigenvalue weighted by molar-refractivity contribution is 0.0713. The maximum absolute atomic E-state index is 12.6. The monoisotopic (exact) mass is 351 g/mol. The topological polar surface area (TPSA) is 59.2 Å². The van der Waals surface area contributed by atoms with Crippen molar-refractivity contribution in [1.29, 1.82) is 0 Å². The molecule has 4 nitrogen and oxygen atoms in total. The third kappa shape index (κ3) is 3.12. The Morgan fingerprint density at radius 2 is 2.00 bits per heavy atom. The number of thiophene rings is 1. The molecule has 128 valence electrons. The van der Waals surface area contributed by atoms with E-state index in [0.29, 0.717) is 5.92 Å². The van der Waals surface area contributed by atoms with Crippen molar-refractivity contribution in [2.75, 3.05) is 18.8 Å². The van der Waals surface area contributed by atoms with Gasteiger partial charge in [0.15, 0.2) is 0 Å². The Morgan fingerprint density at radius 3 is 2.72 bits per heavy atom. The number of nitrogen functional groups attached to an aromatic ring is 1. The van der Waals surface area contributed by atoms with E-state index in [2.05, 4.69) is 0 Å². The van der Waals surface area contributed by atoms with Crippen molar-refractivity contribution in [3.8, 4) is 0 Å². The Labute approximate surface area is 151 Å². The number of amides is 1. The standard InChI is InChI=1S/C20H21N3OS/c1-13-10-16(12-25-13)20(24)23-8-6-14(7-9-23)19-17(21)11-15-4-2-3-5-18(15)22-19/h2-5,10-12,14H,6-9,21H2,1H3. The molecule has 0 spiro atoms. The molecule has 1 aliphatic heterocycles. The molecule has 0 unspecified atom stereocenters. The van der Waals surface area contributed by atoms with Crippen LogP contribution in [0.1, 0.15) is 39.7 Å². The highest BCUT2D eigenvalue weighted by Gasteiger charge is 2.27. The molecule has 1 amide bonds. The van der Waals surface area contributed by atoms with E-state index in [1.54, 1.807) is 11.3 Å². The predicted molar refractivity (Wildman–Crippen MR) is 103 cm³/mol. The Kier molecular flexibility index (Phi) is 4.17. The molecule has 1 aliphatic rings. The summed E-state index contributed by atoms with van der Waals surface area (Å²) in [7, 11) is 0. The van der Waals surface area contributed by atoms with Crippen LogP contribution >= 0.6 is 11.3 Å². The van der Waals surface area contributed by atoms with Crippen LogP contribution in [0.2, 0.25) is 0 Å². The summed E-state index contributed by atoms with van der Waals surface area (Å²) in [5, 5.41) is 3.02. The number of nitrogens with zero attached hydrogens (tertiary/aromatic N) is 2. The lowest BCUT2D eigenvalue weighted by Crippen LogP contribution is -2.38. The summed E-state index contributed by atoms with van der Waals surface area (Å²) in [5.74, 6) is 0.458. The molecular weight excluding hydrogens is 330 g/mol. The van der Waals surface area contributed by atoms with Gasteiger partial charge in [-0.1, -0.05) is 18.2 Å². The van der Waals surface area contributed by atoms with Crippen LogP contribution in [0.4, 0.5) is 5.69 Å². The second kappa shape index (κ2) is 6.48. The van der Waals surface area contributed by atoms with Crippen molar-refractivity contribution in [2.45, 2.75) is 25.7 Å². The third-order valence-corrected chi connectivity index (χ3v) is 5.79. The fourth-order valence-electron chi connectivity index (χ4n) is 3.57. The molecule has 2 aromatic heterocycles. The van der Waals surface area contributed by atoms with Gasteiger partial charge in [0.05, 0.1) is 22.5 Å². The van der Waals surface area contributed by atoms with Crippen molar-refractivity contribution < 1.29 is 4.79 Å². The number of rotatable bonds is 2. The van der Waals surface area contributed by atoms with Gasteiger partial charge >= 0.3 is 0 Å². The molecule has 0 bridgehead atoms. The van der Waals surface area contributed by atoms with Crippen LogP contribution in [0.25, 0.3) is 10.9 Å². The first kappa shape index (κ1) is 16.1. The fraction of sp³-hybridized carbons (Fsp3) is 0.300. The molecule has 0 saturated carbocycles. The van der Waals surface area contributed by atoms with Crippen LogP contribution in [0.5, 0.6) is 0 Å². The zero-order valence-electron chi connectivity index (χ0n) is 14.2. The first-order valence-electron chi connectivity index (χ1n) is 8.61. The maximum Gasteiger partial charge on any atom is 0.254 e. The third-order valence-electron chi connectivity index (χ3n) is 4.93. The quantitative estimate of drug-likeness (QED) is 0.752. The second-order valence-electron chi connectivity index (χ2n) is 6.67. The second-order valence-corrected chi connectivity index (χ2v) is 7.78. The summed E-state index contributed by atoms with van der Waals surface area (Å²) in [5.41, 5.74) is 9.80. The van der Waals surface area contributed by atoms with Gasteiger partial charge in [-0.25, -0.2) is 0 Å². The summed E-state index contributed by atoms with van der Waals surface area (Å²) in [6.45, 7) is 3.54. The number of hydrogen-bond donors (Lipinski definition) is 1. The molecular formula is C20H21N3OS. The molecule has 0 aliphatic carbocycles. The van der Waals surface area contributed by atoms with Gasteiger partial charge in [-0.15, -0.1) is 11.3 Å². The fourth-order valence-corrected chi connectivity index (χ4v) is 4.25. The zero-order chi connectivity index (χ0) is 17.4. The highest BCUT2D eigenvalue weighted by molar-refractivity contribution is 7.10. The van der Waals surface area contributed by atoms with Crippen molar-refractivity contribution in [2.24, 2.45) is 0 Å². The van der Waals surface area contributed by atoms with Gasteiger partial charge in [0.25, 0.3) is 5.91 Å². The molecule has 1 fully saturated rings. The van der Waals surface area contributed by atoms with Crippen molar-refractivity contribution >= 4 is 33.8 Å².